The van der Waals surface area contributed by atoms with Gasteiger partial charge >= 0.3 is 0 Å². The second-order valence-corrected chi connectivity index (χ2v) is 4.65. The fourth-order valence-corrected chi connectivity index (χ4v) is 1.78. The van der Waals surface area contributed by atoms with Crippen molar-refractivity contribution >= 4 is 5.69 Å². The Morgan fingerprint density at radius 2 is 2.00 bits per heavy atom. The molecule has 0 radical (unpaired) electrons. The van der Waals surface area contributed by atoms with Gasteiger partial charge in [-0.05, 0) is 55.4 Å². The molecule has 76 valence electrons. The second kappa shape index (κ2) is 3.64. The highest BCUT2D eigenvalue weighted by Crippen LogP contribution is 2.37. The van der Waals surface area contributed by atoms with Gasteiger partial charge in [0.25, 0.3) is 0 Å². The van der Waals surface area contributed by atoms with Gasteiger partial charge in [0, 0.05) is 12.2 Å². The zero-order valence-corrected chi connectivity index (χ0v) is 9.30. The highest BCUT2D eigenvalue weighted by Gasteiger charge is 2.31. The Morgan fingerprint density at radius 3 is 2.57 bits per heavy atom. The van der Waals surface area contributed by atoms with Crippen LogP contribution < -0.4 is 5.32 Å². The number of aryl methyl sites for hydroxylation is 2. The third-order valence-electron chi connectivity index (χ3n) is 3.35. The predicted molar refractivity (Wildman–Crippen MR) is 61.7 cm³/mol. The summed E-state index contributed by atoms with van der Waals surface area (Å²) in [5.41, 5.74) is 4.02. The van der Waals surface area contributed by atoms with E-state index in [0.29, 0.717) is 0 Å². The SMILES string of the molecule is Cc1ccc(NCC2CC2C)cc1C. The normalized spacial score (nSPS) is 24.8. The van der Waals surface area contributed by atoms with Crippen molar-refractivity contribution in [2.45, 2.75) is 27.2 Å². The lowest BCUT2D eigenvalue weighted by molar-refractivity contribution is 0.787. The van der Waals surface area contributed by atoms with Crippen LogP contribution in [0.4, 0.5) is 5.69 Å². The molecule has 1 aliphatic rings. The lowest BCUT2D eigenvalue weighted by Crippen LogP contribution is -2.04. The van der Waals surface area contributed by atoms with Crippen molar-refractivity contribution in [1.82, 2.24) is 0 Å². The summed E-state index contributed by atoms with van der Waals surface area (Å²) in [5.74, 6) is 1.85. The minimum Gasteiger partial charge on any atom is -0.385 e. The van der Waals surface area contributed by atoms with E-state index in [9.17, 15) is 0 Å². The molecule has 14 heavy (non-hydrogen) atoms. The summed E-state index contributed by atoms with van der Waals surface area (Å²) in [4.78, 5) is 0. The van der Waals surface area contributed by atoms with E-state index < -0.39 is 0 Å². The van der Waals surface area contributed by atoms with Crippen LogP contribution in [0.15, 0.2) is 18.2 Å². The van der Waals surface area contributed by atoms with E-state index in [0.717, 1.165) is 18.4 Å². The third kappa shape index (κ3) is 2.09. The van der Waals surface area contributed by atoms with Crippen molar-refractivity contribution in [3.8, 4) is 0 Å². The molecule has 1 saturated carbocycles. The number of rotatable bonds is 3. The Bertz CT molecular complexity index is 330. The van der Waals surface area contributed by atoms with Gasteiger partial charge in [-0.2, -0.15) is 0 Å². The molecule has 0 heterocycles. The molecule has 1 aromatic carbocycles. The number of hydrogen-bond donors (Lipinski definition) is 1. The highest BCUT2D eigenvalue weighted by molar-refractivity contribution is 5.48. The first-order valence-corrected chi connectivity index (χ1v) is 5.48. The summed E-state index contributed by atoms with van der Waals surface area (Å²) in [6, 6.07) is 6.60. The van der Waals surface area contributed by atoms with Crippen molar-refractivity contribution in [1.29, 1.82) is 0 Å². The van der Waals surface area contributed by atoms with Crippen LogP contribution in [-0.4, -0.2) is 6.54 Å². The van der Waals surface area contributed by atoms with Crippen LogP contribution in [-0.2, 0) is 0 Å². The van der Waals surface area contributed by atoms with Crippen LogP contribution in [0.3, 0.4) is 0 Å². The molecule has 0 aromatic heterocycles. The van der Waals surface area contributed by atoms with E-state index in [1.54, 1.807) is 0 Å². The summed E-state index contributed by atoms with van der Waals surface area (Å²) in [7, 11) is 0. The average Bonchev–Trinajstić information content (AvgIpc) is 2.85. The fraction of sp³-hybridized carbons (Fsp3) is 0.538. The van der Waals surface area contributed by atoms with Crippen LogP contribution in [0.25, 0.3) is 0 Å². The summed E-state index contributed by atoms with van der Waals surface area (Å²) < 4.78 is 0. The Balaban J connectivity index is 1.92. The van der Waals surface area contributed by atoms with Gasteiger partial charge in [0.1, 0.15) is 0 Å². The Morgan fingerprint density at radius 1 is 1.29 bits per heavy atom. The van der Waals surface area contributed by atoms with Crippen LogP contribution in [0.1, 0.15) is 24.5 Å². The van der Waals surface area contributed by atoms with Crippen LogP contribution in [0, 0.1) is 25.7 Å². The van der Waals surface area contributed by atoms with Crippen LogP contribution in [0.2, 0.25) is 0 Å². The van der Waals surface area contributed by atoms with Crippen molar-refractivity contribution in [2.24, 2.45) is 11.8 Å². The van der Waals surface area contributed by atoms with Crippen molar-refractivity contribution < 1.29 is 0 Å². The molecule has 2 atom stereocenters. The molecular formula is C13H19N. The topological polar surface area (TPSA) is 12.0 Å². The lowest BCUT2D eigenvalue weighted by Gasteiger charge is -2.07. The Hall–Kier alpha value is -0.980. The molecule has 0 bridgehead atoms. The molecule has 1 nitrogen and oxygen atoms in total. The van der Waals surface area contributed by atoms with Crippen molar-refractivity contribution in [3.63, 3.8) is 0 Å². The number of anilines is 1. The van der Waals surface area contributed by atoms with Gasteiger partial charge in [0.05, 0.1) is 0 Å². The first-order valence-electron chi connectivity index (χ1n) is 5.48. The minimum atomic E-state index is 0.914. The molecular weight excluding hydrogens is 170 g/mol. The van der Waals surface area contributed by atoms with Crippen LogP contribution in [0.5, 0.6) is 0 Å². The third-order valence-corrected chi connectivity index (χ3v) is 3.35. The zero-order valence-electron chi connectivity index (χ0n) is 9.30. The zero-order chi connectivity index (χ0) is 10.1. The lowest BCUT2D eigenvalue weighted by atomic mass is 10.1. The molecule has 1 aliphatic carbocycles. The molecule has 1 aromatic rings. The molecule has 0 saturated heterocycles. The molecule has 0 spiro atoms. The van der Waals surface area contributed by atoms with E-state index >= 15 is 0 Å². The van der Waals surface area contributed by atoms with Gasteiger partial charge in [0.15, 0.2) is 0 Å². The Labute approximate surface area is 86.5 Å². The first-order chi connectivity index (χ1) is 6.66. The Kier molecular flexibility index (Phi) is 2.49. The predicted octanol–water partition coefficient (Wildman–Crippen LogP) is 3.37. The monoisotopic (exact) mass is 189 g/mol. The van der Waals surface area contributed by atoms with E-state index in [1.807, 2.05) is 0 Å². The highest BCUT2D eigenvalue weighted by atomic mass is 14.9. The molecule has 2 unspecified atom stereocenters. The van der Waals surface area contributed by atoms with Crippen molar-refractivity contribution in [2.75, 3.05) is 11.9 Å². The molecule has 1 N–H and O–H groups in total. The van der Waals surface area contributed by atoms with Crippen LogP contribution >= 0.6 is 0 Å². The van der Waals surface area contributed by atoms with E-state index in [1.165, 1.54) is 23.2 Å². The largest absolute Gasteiger partial charge is 0.385 e. The molecule has 2 rings (SSSR count). The minimum absolute atomic E-state index is 0.914. The number of hydrogen-bond acceptors (Lipinski definition) is 1. The first kappa shape index (κ1) is 9.57. The summed E-state index contributed by atoms with van der Waals surface area (Å²) in [5, 5.41) is 3.51. The fourth-order valence-electron chi connectivity index (χ4n) is 1.78. The van der Waals surface area contributed by atoms with Crippen molar-refractivity contribution in [3.05, 3.63) is 29.3 Å². The molecule has 0 aliphatic heterocycles. The van der Waals surface area contributed by atoms with Gasteiger partial charge in [-0.3, -0.25) is 0 Å². The number of nitrogens with one attached hydrogen (secondary N) is 1. The van der Waals surface area contributed by atoms with E-state index in [2.05, 4.69) is 44.3 Å². The van der Waals surface area contributed by atoms with E-state index in [-0.39, 0.29) is 0 Å². The maximum Gasteiger partial charge on any atom is 0.0343 e. The quantitative estimate of drug-likeness (QED) is 0.768. The smallest absolute Gasteiger partial charge is 0.0343 e. The molecule has 0 amide bonds. The standard InChI is InChI=1S/C13H19N/c1-9-4-5-13(7-10(9)2)14-8-12-6-11(12)3/h4-5,7,11-12,14H,6,8H2,1-3H3. The van der Waals surface area contributed by atoms with Gasteiger partial charge in [-0.15, -0.1) is 0 Å². The number of benzene rings is 1. The molecule has 1 fully saturated rings. The molecule has 1 heteroatoms. The van der Waals surface area contributed by atoms with Gasteiger partial charge in [-0.25, -0.2) is 0 Å². The maximum absolute atomic E-state index is 3.51. The summed E-state index contributed by atoms with van der Waals surface area (Å²) >= 11 is 0. The maximum atomic E-state index is 3.51. The van der Waals surface area contributed by atoms with Gasteiger partial charge in [0.2, 0.25) is 0 Å². The van der Waals surface area contributed by atoms with Gasteiger partial charge < -0.3 is 5.32 Å². The second-order valence-electron chi connectivity index (χ2n) is 4.65. The van der Waals surface area contributed by atoms with Gasteiger partial charge in [-0.1, -0.05) is 13.0 Å². The summed E-state index contributed by atoms with van der Waals surface area (Å²) in [6.45, 7) is 7.79. The summed E-state index contributed by atoms with van der Waals surface area (Å²) in [6.07, 6.45) is 1.40. The average molecular weight is 189 g/mol. The van der Waals surface area contributed by atoms with E-state index in [4.69, 9.17) is 0 Å².